The molecular weight excluding hydrogens is 338 g/mol. The summed E-state index contributed by atoms with van der Waals surface area (Å²) in [6.45, 7) is 2.31. The summed E-state index contributed by atoms with van der Waals surface area (Å²) in [4.78, 5) is 24.8. The first kappa shape index (κ1) is 16.9. The molecule has 3 aromatic heterocycles. The summed E-state index contributed by atoms with van der Waals surface area (Å²) < 4.78 is 1.98. The van der Waals surface area contributed by atoms with Crippen LogP contribution in [0.15, 0.2) is 67.4 Å². The molecule has 0 saturated carbocycles. The Labute approximate surface area is 156 Å². The zero-order valence-electron chi connectivity index (χ0n) is 15.0. The Balaban J connectivity index is 1.60. The number of imidazole rings is 1. The summed E-state index contributed by atoms with van der Waals surface area (Å²) in [6.07, 6.45) is 9.93. The van der Waals surface area contributed by atoms with Gasteiger partial charge in [0.1, 0.15) is 0 Å². The molecule has 0 unspecified atom stereocenters. The topological polar surface area (TPSA) is 72.2 Å². The van der Waals surface area contributed by atoms with Crippen LogP contribution in [0.2, 0.25) is 0 Å². The van der Waals surface area contributed by atoms with E-state index in [-0.39, 0.29) is 5.78 Å². The van der Waals surface area contributed by atoms with E-state index in [0.717, 1.165) is 35.7 Å². The lowest BCUT2D eigenvalue weighted by molar-refractivity contribution is 0.101. The lowest BCUT2D eigenvalue weighted by Crippen LogP contribution is -2.08. The van der Waals surface area contributed by atoms with Crippen LogP contribution in [0, 0.1) is 0 Å². The number of nitrogens with one attached hydrogen (secondary N) is 1. The second-order valence-electron chi connectivity index (χ2n) is 6.29. The molecule has 1 N–H and O–H groups in total. The van der Waals surface area contributed by atoms with Gasteiger partial charge in [0.05, 0.1) is 11.9 Å². The van der Waals surface area contributed by atoms with Crippen molar-refractivity contribution in [2.24, 2.45) is 0 Å². The van der Waals surface area contributed by atoms with Crippen LogP contribution in [0.4, 0.5) is 5.82 Å². The molecule has 0 aliphatic heterocycles. The summed E-state index contributed by atoms with van der Waals surface area (Å²) in [7, 11) is 0. The Morgan fingerprint density at radius 1 is 1.11 bits per heavy atom. The number of aromatic nitrogens is 4. The molecule has 0 fully saturated rings. The molecule has 27 heavy (non-hydrogen) atoms. The summed E-state index contributed by atoms with van der Waals surface area (Å²) >= 11 is 0. The maximum absolute atomic E-state index is 11.7. The minimum Gasteiger partial charge on any atom is -0.367 e. The van der Waals surface area contributed by atoms with Gasteiger partial charge >= 0.3 is 0 Å². The fraction of sp³-hybridized carbons (Fsp3) is 0.143. The smallest absolute Gasteiger partial charge is 0.180 e. The number of benzene rings is 1. The Morgan fingerprint density at radius 2 is 2.04 bits per heavy atom. The van der Waals surface area contributed by atoms with E-state index >= 15 is 0 Å². The molecule has 4 rings (SSSR count). The number of ketones is 1. The van der Waals surface area contributed by atoms with E-state index in [0.29, 0.717) is 5.56 Å². The second kappa shape index (κ2) is 7.37. The molecule has 0 atom stereocenters. The average molecular weight is 357 g/mol. The van der Waals surface area contributed by atoms with Crippen molar-refractivity contribution in [2.75, 3.05) is 11.9 Å². The highest BCUT2D eigenvalue weighted by molar-refractivity contribution is 5.95. The van der Waals surface area contributed by atoms with Crippen LogP contribution >= 0.6 is 0 Å². The van der Waals surface area contributed by atoms with Crippen LogP contribution < -0.4 is 5.32 Å². The van der Waals surface area contributed by atoms with Gasteiger partial charge in [0.15, 0.2) is 17.2 Å². The molecule has 0 aliphatic carbocycles. The van der Waals surface area contributed by atoms with Crippen LogP contribution in [0.3, 0.4) is 0 Å². The van der Waals surface area contributed by atoms with E-state index in [1.54, 1.807) is 19.3 Å². The van der Waals surface area contributed by atoms with Gasteiger partial charge in [-0.15, -0.1) is 0 Å². The molecule has 6 nitrogen and oxygen atoms in total. The molecule has 3 heterocycles. The SMILES string of the molecule is CC(=O)c1cccc(-c2cnc3c(NCCc4cccnc4)nccn23)c1. The van der Waals surface area contributed by atoms with Crippen molar-refractivity contribution >= 4 is 17.2 Å². The van der Waals surface area contributed by atoms with E-state index in [1.165, 1.54) is 5.56 Å². The van der Waals surface area contributed by atoms with Gasteiger partial charge in [0.25, 0.3) is 0 Å². The van der Waals surface area contributed by atoms with Gasteiger partial charge in [0.2, 0.25) is 0 Å². The summed E-state index contributed by atoms with van der Waals surface area (Å²) in [5, 5.41) is 3.35. The molecule has 0 saturated heterocycles. The van der Waals surface area contributed by atoms with E-state index in [9.17, 15) is 4.79 Å². The number of Topliss-reactive ketones (excluding diaryl/α,β-unsaturated/α-hetero) is 1. The number of rotatable bonds is 6. The quantitative estimate of drug-likeness (QED) is 0.533. The Morgan fingerprint density at radius 3 is 2.85 bits per heavy atom. The predicted octanol–water partition coefficient (Wildman–Crippen LogP) is 3.65. The molecule has 0 aliphatic rings. The fourth-order valence-electron chi connectivity index (χ4n) is 3.03. The van der Waals surface area contributed by atoms with Gasteiger partial charge in [-0.3, -0.25) is 14.2 Å². The van der Waals surface area contributed by atoms with Gasteiger partial charge in [0, 0.05) is 42.5 Å². The molecule has 6 heteroatoms. The van der Waals surface area contributed by atoms with E-state index < -0.39 is 0 Å². The third kappa shape index (κ3) is 3.55. The number of carbonyl (C=O) groups is 1. The van der Waals surface area contributed by atoms with Crippen LogP contribution in [-0.2, 0) is 6.42 Å². The number of fused-ring (bicyclic) bond motifs is 1. The van der Waals surface area contributed by atoms with Crippen molar-refractivity contribution in [1.82, 2.24) is 19.4 Å². The fourth-order valence-corrected chi connectivity index (χ4v) is 3.03. The molecule has 134 valence electrons. The van der Waals surface area contributed by atoms with Crippen LogP contribution in [0.1, 0.15) is 22.8 Å². The highest BCUT2D eigenvalue weighted by atomic mass is 16.1. The Hall–Kier alpha value is -3.54. The van der Waals surface area contributed by atoms with Crippen molar-refractivity contribution in [2.45, 2.75) is 13.3 Å². The maximum atomic E-state index is 11.7. The molecule has 0 spiro atoms. The molecule has 1 aromatic carbocycles. The van der Waals surface area contributed by atoms with Crippen LogP contribution in [-0.4, -0.2) is 31.7 Å². The number of pyridine rings is 1. The van der Waals surface area contributed by atoms with Gasteiger partial charge in [-0.05, 0) is 31.0 Å². The van der Waals surface area contributed by atoms with E-state index in [1.807, 2.05) is 53.3 Å². The third-order valence-corrected chi connectivity index (χ3v) is 4.42. The van der Waals surface area contributed by atoms with Crippen molar-refractivity contribution in [3.63, 3.8) is 0 Å². The first-order valence-electron chi connectivity index (χ1n) is 8.78. The Bertz CT molecular complexity index is 1090. The highest BCUT2D eigenvalue weighted by Gasteiger charge is 2.11. The summed E-state index contributed by atoms with van der Waals surface area (Å²) in [5.74, 6) is 0.778. The second-order valence-corrected chi connectivity index (χ2v) is 6.29. The number of carbonyl (C=O) groups excluding carboxylic acids is 1. The van der Waals surface area contributed by atoms with Gasteiger partial charge < -0.3 is 5.32 Å². The standard InChI is InChI=1S/C21H19N5O/c1-15(27)17-5-2-6-18(12-17)19-14-25-21-20(24-10-11-26(19)21)23-9-7-16-4-3-8-22-13-16/h2-6,8,10-14H,7,9H2,1H3,(H,23,24). The molecular formula is C21H19N5O. The van der Waals surface area contributed by atoms with Crippen molar-refractivity contribution in [1.29, 1.82) is 0 Å². The van der Waals surface area contributed by atoms with Crippen molar-refractivity contribution < 1.29 is 4.79 Å². The molecule has 0 bridgehead atoms. The maximum Gasteiger partial charge on any atom is 0.180 e. The van der Waals surface area contributed by atoms with Gasteiger partial charge in [-0.2, -0.15) is 0 Å². The largest absolute Gasteiger partial charge is 0.367 e. The third-order valence-electron chi connectivity index (χ3n) is 4.42. The minimum atomic E-state index is 0.0464. The van der Waals surface area contributed by atoms with Gasteiger partial charge in [-0.25, -0.2) is 9.97 Å². The average Bonchev–Trinajstić information content (AvgIpc) is 3.14. The van der Waals surface area contributed by atoms with E-state index in [2.05, 4.69) is 26.3 Å². The lowest BCUT2D eigenvalue weighted by atomic mass is 10.1. The minimum absolute atomic E-state index is 0.0464. The Kier molecular flexibility index (Phi) is 4.61. The first-order chi connectivity index (χ1) is 13.2. The van der Waals surface area contributed by atoms with Crippen molar-refractivity contribution in [3.05, 3.63) is 78.5 Å². The van der Waals surface area contributed by atoms with Crippen molar-refractivity contribution in [3.8, 4) is 11.3 Å². The zero-order chi connectivity index (χ0) is 18.6. The number of anilines is 1. The normalized spacial score (nSPS) is 10.9. The molecule has 0 amide bonds. The monoisotopic (exact) mass is 357 g/mol. The summed E-state index contributed by atoms with van der Waals surface area (Å²) in [5.41, 5.74) is 4.48. The lowest BCUT2D eigenvalue weighted by Gasteiger charge is -2.08. The number of nitrogens with zero attached hydrogens (tertiary/aromatic N) is 4. The number of hydrogen-bond acceptors (Lipinski definition) is 5. The summed E-state index contributed by atoms with van der Waals surface area (Å²) in [6, 6.07) is 11.6. The van der Waals surface area contributed by atoms with E-state index in [4.69, 9.17) is 0 Å². The predicted molar refractivity (Wildman–Crippen MR) is 105 cm³/mol. The zero-order valence-corrected chi connectivity index (χ0v) is 15.0. The molecule has 0 radical (unpaired) electrons. The van der Waals surface area contributed by atoms with Crippen LogP contribution in [0.5, 0.6) is 0 Å². The van der Waals surface area contributed by atoms with Gasteiger partial charge in [-0.1, -0.05) is 24.3 Å². The van der Waals surface area contributed by atoms with Crippen LogP contribution in [0.25, 0.3) is 16.9 Å². The number of hydrogen-bond donors (Lipinski definition) is 1. The molecule has 4 aromatic rings. The first-order valence-corrected chi connectivity index (χ1v) is 8.78. The highest BCUT2D eigenvalue weighted by Crippen LogP contribution is 2.24.